The van der Waals surface area contributed by atoms with Crippen molar-refractivity contribution in [1.29, 1.82) is 0 Å². The van der Waals surface area contributed by atoms with Gasteiger partial charge >= 0.3 is 0 Å². The Bertz CT molecular complexity index is 420. The summed E-state index contributed by atoms with van der Waals surface area (Å²) < 4.78 is 0. The van der Waals surface area contributed by atoms with E-state index >= 15 is 0 Å². The Morgan fingerprint density at radius 2 is 1.82 bits per heavy atom. The molecule has 0 heterocycles. The summed E-state index contributed by atoms with van der Waals surface area (Å²) in [4.78, 5) is 10.9. The Labute approximate surface area is 98.0 Å². The highest BCUT2D eigenvalue weighted by molar-refractivity contribution is 5.71. The minimum Gasteiger partial charge on any atom is -0.393 e. The molecular weight excluding hydrogens is 224 g/mol. The summed E-state index contributed by atoms with van der Waals surface area (Å²) in [6.45, 7) is -0.732. The van der Waals surface area contributed by atoms with E-state index in [9.17, 15) is 20.1 Å². The van der Waals surface area contributed by atoms with Gasteiger partial charge < -0.3 is 25.2 Å². The van der Waals surface area contributed by atoms with Gasteiger partial charge in [0.15, 0.2) is 11.9 Å². The van der Waals surface area contributed by atoms with E-state index in [4.69, 9.17) is 5.11 Å². The number of aliphatic hydroxyl groups excluding tert-OH is 2. The predicted octanol–water partition coefficient (Wildman–Crippen LogP) is -1.20. The van der Waals surface area contributed by atoms with Gasteiger partial charge in [0, 0.05) is 0 Å². The first-order valence-corrected chi connectivity index (χ1v) is 5.25. The van der Waals surface area contributed by atoms with Crippen LogP contribution < -0.4 is 0 Å². The molecule has 1 unspecified atom stereocenters. The molecule has 0 saturated heterocycles. The standard InChI is InChI=1S/C12H14O5/c13-6-11(16)9(8-4-2-1-3-5-8)12(17,7-14)10(11)15/h1-6,9-10,14-17H,7H2/t9?,10-,11-,12+/m1/s1. The zero-order chi connectivity index (χ0) is 12.7. The second-order valence-corrected chi connectivity index (χ2v) is 4.40. The topological polar surface area (TPSA) is 98.0 Å². The van der Waals surface area contributed by atoms with Gasteiger partial charge in [-0.15, -0.1) is 0 Å². The van der Waals surface area contributed by atoms with E-state index in [0.717, 1.165) is 0 Å². The van der Waals surface area contributed by atoms with E-state index < -0.39 is 29.8 Å². The number of hydrogen-bond donors (Lipinski definition) is 4. The van der Waals surface area contributed by atoms with E-state index in [1.54, 1.807) is 30.3 Å². The lowest BCUT2D eigenvalue weighted by atomic mass is 9.54. The summed E-state index contributed by atoms with van der Waals surface area (Å²) >= 11 is 0. The number of benzene rings is 1. The number of hydrogen-bond acceptors (Lipinski definition) is 5. The van der Waals surface area contributed by atoms with Crippen LogP contribution in [0.3, 0.4) is 0 Å². The quantitative estimate of drug-likeness (QED) is 0.496. The van der Waals surface area contributed by atoms with Gasteiger partial charge in [0.2, 0.25) is 0 Å². The zero-order valence-electron chi connectivity index (χ0n) is 9.02. The lowest BCUT2D eigenvalue weighted by molar-refractivity contribution is -0.281. The normalized spacial score (nSPS) is 40.7. The highest BCUT2D eigenvalue weighted by atomic mass is 16.4. The van der Waals surface area contributed by atoms with Gasteiger partial charge in [-0.1, -0.05) is 30.3 Å². The van der Waals surface area contributed by atoms with Crippen LogP contribution in [0, 0.1) is 0 Å². The van der Waals surface area contributed by atoms with Crippen molar-refractivity contribution in [2.45, 2.75) is 23.2 Å². The summed E-state index contributed by atoms with van der Waals surface area (Å²) in [5.74, 6) is -1.03. The third-order valence-electron chi connectivity index (χ3n) is 3.45. The van der Waals surface area contributed by atoms with Crippen LogP contribution in [0.2, 0.25) is 0 Å². The molecule has 5 heteroatoms. The van der Waals surface area contributed by atoms with Crippen molar-refractivity contribution in [3.05, 3.63) is 35.9 Å². The largest absolute Gasteiger partial charge is 0.393 e. The number of aliphatic hydroxyl groups is 4. The number of rotatable bonds is 3. The van der Waals surface area contributed by atoms with Crippen molar-refractivity contribution >= 4 is 6.29 Å². The molecule has 92 valence electrons. The van der Waals surface area contributed by atoms with Gasteiger partial charge in [-0.3, -0.25) is 0 Å². The van der Waals surface area contributed by atoms with Gasteiger partial charge in [0.1, 0.15) is 11.7 Å². The van der Waals surface area contributed by atoms with Crippen LogP contribution in [0.25, 0.3) is 0 Å². The van der Waals surface area contributed by atoms with Gasteiger partial charge in [-0.05, 0) is 5.56 Å². The molecule has 1 aromatic rings. The number of aldehydes is 1. The van der Waals surface area contributed by atoms with Gasteiger partial charge in [0.25, 0.3) is 0 Å². The van der Waals surface area contributed by atoms with Crippen LogP contribution in [-0.4, -0.2) is 50.6 Å². The fourth-order valence-electron chi connectivity index (χ4n) is 2.53. The minimum absolute atomic E-state index is 0.208. The average Bonchev–Trinajstić information content (AvgIpc) is 2.38. The third-order valence-corrected chi connectivity index (χ3v) is 3.45. The minimum atomic E-state index is -2.06. The molecule has 0 aromatic heterocycles. The molecule has 17 heavy (non-hydrogen) atoms. The van der Waals surface area contributed by atoms with Gasteiger partial charge in [0.05, 0.1) is 12.5 Å². The highest BCUT2D eigenvalue weighted by Gasteiger charge is 2.70. The first kappa shape index (κ1) is 12.2. The molecule has 0 amide bonds. The molecule has 0 aliphatic heterocycles. The van der Waals surface area contributed by atoms with Crippen molar-refractivity contribution in [3.8, 4) is 0 Å². The van der Waals surface area contributed by atoms with Gasteiger partial charge in [-0.2, -0.15) is 0 Å². The maximum absolute atomic E-state index is 10.9. The van der Waals surface area contributed by atoms with Crippen LogP contribution in [-0.2, 0) is 4.79 Å². The summed E-state index contributed by atoms with van der Waals surface area (Å²) in [7, 11) is 0. The van der Waals surface area contributed by atoms with Crippen molar-refractivity contribution in [2.75, 3.05) is 6.61 Å². The monoisotopic (exact) mass is 238 g/mol. The second-order valence-electron chi connectivity index (χ2n) is 4.40. The lowest BCUT2D eigenvalue weighted by Gasteiger charge is -2.58. The van der Waals surface area contributed by atoms with E-state index in [1.165, 1.54) is 0 Å². The molecule has 5 nitrogen and oxygen atoms in total. The molecule has 0 spiro atoms. The maximum atomic E-state index is 10.9. The maximum Gasteiger partial charge on any atom is 0.158 e. The van der Waals surface area contributed by atoms with Crippen LogP contribution in [0.15, 0.2) is 30.3 Å². The molecule has 1 aliphatic rings. The van der Waals surface area contributed by atoms with Crippen molar-refractivity contribution in [1.82, 2.24) is 0 Å². The Kier molecular flexibility index (Phi) is 2.79. The van der Waals surface area contributed by atoms with Crippen LogP contribution in [0.1, 0.15) is 11.5 Å². The Balaban J connectivity index is 2.46. The number of carbonyl (C=O) groups excluding carboxylic acids is 1. The smallest absolute Gasteiger partial charge is 0.158 e. The van der Waals surface area contributed by atoms with Crippen LogP contribution >= 0.6 is 0 Å². The summed E-state index contributed by atoms with van der Waals surface area (Å²) in [5, 5.41) is 38.8. The molecule has 2 rings (SSSR count). The zero-order valence-corrected chi connectivity index (χ0v) is 9.02. The molecule has 4 atom stereocenters. The fraction of sp³-hybridized carbons (Fsp3) is 0.417. The molecular formula is C12H14O5. The van der Waals surface area contributed by atoms with Crippen molar-refractivity contribution in [3.63, 3.8) is 0 Å². The molecule has 4 N–H and O–H groups in total. The highest BCUT2D eigenvalue weighted by Crippen LogP contribution is 2.52. The molecule has 1 aromatic carbocycles. The molecule has 1 saturated carbocycles. The first-order chi connectivity index (χ1) is 8.00. The summed E-state index contributed by atoms with van der Waals surface area (Å²) in [6, 6.07) is 8.35. The van der Waals surface area contributed by atoms with Gasteiger partial charge in [-0.25, -0.2) is 0 Å². The lowest BCUT2D eigenvalue weighted by Crippen LogP contribution is -2.78. The SMILES string of the molecule is O=C[C@@]1(O)C(c2ccccc2)[C@@](O)(CO)[C@@H]1O. The fourth-order valence-corrected chi connectivity index (χ4v) is 2.53. The predicted molar refractivity (Wildman–Crippen MR) is 58.2 cm³/mol. The van der Waals surface area contributed by atoms with E-state index in [0.29, 0.717) is 5.56 Å². The molecule has 1 aliphatic carbocycles. The first-order valence-electron chi connectivity index (χ1n) is 5.25. The van der Waals surface area contributed by atoms with Crippen molar-refractivity contribution in [2.24, 2.45) is 0 Å². The Morgan fingerprint density at radius 1 is 1.24 bits per heavy atom. The number of carbonyl (C=O) groups is 1. The van der Waals surface area contributed by atoms with Crippen molar-refractivity contribution < 1.29 is 25.2 Å². The van der Waals surface area contributed by atoms with E-state index in [2.05, 4.69) is 0 Å². The molecule has 0 radical (unpaired) electrons. The summed E-state index contributed by atoms with van der Waals surface area (Å²) in [5.41, 5.74) is -3.46. The summed E-state index contributed by atoms with van der Waals surface area (Å²) in [6.07, 6.45) is -1.48. The van der Waals surface area contributed by atoms with Crippen LogP contribution in [0.5, 0.6) is 0 Å². The third kappa shape index (κ3) is 1.44. The second kappa shape index (κ2) is 3.89. The van der Waals surface area contributed by atoms with Crippen LogP contribution in [0.4, 0.5) is 0 Å². The van der Waals surface area contributed by atoms with E-state index in [1.807, 2.05) is 0 Å². The molecule has 0 bridgehead atoms. The Hall–Kier alpha value is -1.27. The molecule has 1 fully saturated rings. The van der Waals surface area contributed by atoms with E-state index in [-0.39, 0.29) is 6.29 Å². The average molecular weight is 238 g/mol. The Morgan fingerprint density at radius 3 is 2.29 bits per heavy atom.